The topological polar surface area (TPSA) is 17.8 Å². The van der Waals surface area contributed by atoms with Gasteiger partial charge in [-0.25, -0.2) is 0 Å². The summed E-state index contributed by atoms with van der Waals surface area (Å²) in [4.78, 5) is 4.79. The molecule has 0 radical (unpaired) electrons. The Morgan fingerprint density at radius 2 is 1.15 bits per heavy atom. The average Bonchev–Trinajstić information content (AvgIpc) is 3.38. The van der Waals surface area contributed by atoms with E-state index in [4.69, 9.17) is 4.98 Å². The molecule has 0 aliphatic carbocycles. The van der Waals surface area contributed by atoms with Crippen LogP contribution in [0.15, 0.2) is 146 Å². The third-order valence-corrected chi connectivity index (χ3v) is 8.59. The third kappa shape index (κ3) is 3.28. The maximum atomic E-state index is 4.79. The van der Waals surface area contributed by atoms with Gasteiger partial charge in [0.25, 0.3) is 0 Å². The highest BCUT2D eigenvalue weighted by Crippen LogP contribution is 2.39. The van der Waals surface area contributed by atoms with E-state index in [1.54, 1.807) is 0 Å². The number of benzene rings is 7. The monoisotopic (exact) mass is 520 g/mol. The summed E-state index contributed by atoms with van der Waals surface area (Å²) in [7, 11) is 0. The van der Waals surface area contributed by atoms with Gasteiger partial charge in [-0.05, 0) is 74.5 Å². The van der Waals surface area contributed by atoms with Gasteiger partial charge in [0.2, 0.25) is 0 Å². The summed E-state index contributed by atoms with van der Waals surface area (Å²) in [6.07, 6.45) is 1.89. The van der Waals surface area contributed by atoms with Gasteiger partial charge in [-0.2, -0.15) is 0 Å². The number of fused-ring (bicyclic) bond motifs is 9. The second kappa shape index (κ2) is 8.51. The quantitative estimate of drug-likeness (QED) is 0.207. The molecular formula is C39H24N2. The zero-order valence-corrected chi connectivity index (χ0v) is 22.3. The molecule has 0 unspecified atom stereocenters. The van der Waals surface area contributed by atoms with E-state index in [9.17, 15) is 0 Å². The van der Waals surface area contributed by atoms with Crippen molar-refractivity contribution in [2.75, 3.05) is 0 Å². The summed E-state index contributed by atoms with van der Waals surface area (Å²) in [6, 6.07) is 50.7. The summed E-state index contributed by atoms with van der Waals surface area (Å²) in [5.41, 5.74) is 7.05. The minimum absolute atomic E-state index is 1.05. The van der Waals surface area contributed by atoms with E-state index in [0.29, 0.717) is 0 Å². The maximum absolute atomic E-state index is 4.79. The summed E-state index contributed by atoms with van der Waals surface area (Å²) in [6.45, 7) is 0. The fourth-order valence-electron chi connectivity index (χ4n) is 6.70. The fraction of sp³-hybridized carbons (Fsp3) is 0. The van der Waals surface area contributed by atoms with Gasteiger partial charge in [-0.3, -0.25) is 4.98 Å². The summed E-state index contributed by atoms with van der Waals surface area (Å²) in [5.74, 6) is 0. The number of rotatable bonds is 2. The molecule has 0 N–H and O–H groups in total. The van der Waals surface area contributed by atoms with Crippen molar-refractivity contribution in [1.29, 1.82) is 0 Å². The first-order chi connectivity index (χ1) is 20.3. The first-order valence-electron chi connectivity index (χ1n) is 14.1. The van der Waals surface area contributed by atoms with Crippen LogP contribution >= 0.6 is 0 Å². The van der Waals surface area contributed by atoms with Crippen molar-refractivity contribution in [3.63, 3.8) is 0 Å². The minimum Gasteiger partial charge on any atom is -0.309 e. The van der Waals surface area contributed by atoms with Gasteiger partial charge in [-0.15, -0.1) is 0 Å². The Morgan fingerprint density at radius 3 is 2.10 bits per heavy atom. The van der Waals surface area contributed by atoms with Gasteiger partial charge in [0, 0.05) is 33.4 Å². The second-order valence-electron chi connectivity index (χ2n) is 10.8. The van der Waals surface area contributed by atoms with Crippen molar-refractivity contribution in [1.82, 2.24) is 9.55 Å². The molecule has 190 valence electrons. The highest BCUT2D eigenvalue weighted by molar-refractivity contribution is 6.15. The molecular weight excluding hydrogens is 496 g/mol. The van der Waals surface area contributed by atoms with Gasteiger partial charge in [-0.1, -0.05) is 103 Å². The van der Waals surface area contributed by atoms with Crippen LogP contribution in [0.3, 0.4) is 0 Å². The zero-order valence-electron chi connectivity index (χ0n) is 22.3. The van der Waals surface area contributed by atoms with E-state index >= 15 is 0 Å². The van der Waals surface area contributed by atoms with Crippen LogP contribution in [0.25, 0.3) is 81.8 Å². The Hall–Kier alpha value is -5.47. The lowest BCUT2D eigenvalue weighted by molar-refractivity contribution is 1.19. The van der Waals surface area contributed by atoms with Gasteiger partial charge in [0.1, 0.15) is 0 Å². The van der Waals surface area contributed by atoms with E-state index in [1.807, 2.05) is 12.3 Å². The fourth-order valence-corrected chi connectivity index (χ4v) is 6.70. The molecule has 0 fully saturated rings. The average molecular weight is 521 g/mol. The standard InChI is InChI=1S/C39H24N2/c1-2-10-31-25(7-1)14-15-26-18-20-30(24-34(26)31)41-36-13-4-3-11-33(36)35-23-29(19-21-37(35)41)32-12-5-8-27-16-17-28-9-6-22-40-39(28)38(27)32/h1-24H. The molecule has 0 saturated carbocycles. The molecule has 0 saturated heterocycles. The molecule has 9 rings (SSSR count). The van der Waals surface area contributed by atoms with E-state index in [1.165, 1.54) is 70.9 Å². The van der Waals surface area contributed by atoms with Crippen LogP contribution < -0.4 is 0 Å². The first-order valence-corrected chi connectivity index (χ1v) is 14.1. The van der Waals surface area contributed by atoms with Crippen molar-refractivity contribution in [3.05, 3.63) is 146 Å². The Bertz CT molecular complexity index is 2480. The second-order valence-corrected chi connectivity index (χ2v) is 10.8. The number of para-hydroxylation sites is 1. The summed E-state index contributed by atoms with van der Waals surface area (Å²) >= 11 is 0. The van der Waals surface area contributed by atoms with E-state index in [-0.39, 0.29) is 0 Å². The molecule has 0 bridgehead atoms. The first kappa shape index (κ1) is 22.4. The Labute approximate surface area is 236 Å². The molecule has 0 atom stereocenters. The molecule has 0 aliphatic heterocycles. The summed E-state index contributed by atoms with van der Waals surface area (Å²) in [5, 5.41) is 11.2. The molecule has 0 spiro atoms. The number of aromatic nitrogens is 2. The highest BCUT2D eigenvalue weighted by atomic mass is 15.0. The molecule has 2 heteroatoms. The largest absolute Gasteiger partial charge is 0.309 e. The van der Waals surface area contributed by atoms with Crippen molar-refractivity contribution in [2.24, 2.45) is 0 Å². The van der Waals surface area contributed by atoms with Crippen LogP contribution in [-0.4, -0.2) is 9.55 Å². The van der Waals surface area contributed by atoms with Gasteiger partial charge in [0.15, 0.2) is 0 Å². The molecule has 0 amide bonds. The molecule has 41 heavy (non-hydrogen) atoms. The predicted molar refractivity (Wildman–Crippen MR) is 174 cm³/mol. The molecule has 7 aromatic carbocycles. The normalized spacial score (nSPS) is 11.9. The van der Waals surface area contributed by atoms with Crippen LogP contribution in [0, 0.1) is 0 Å². The Kier molecular flexibility index (Phi) is 4.64. The molecule has 2 nitrogen and oxygen atoms in total. The van der Waals surface area contributed by atoms with Crippen molar-refractivity contribution < 1.29 is 0 Å². The zero-order chi connectivity index (χ0) is 26.9. The molecule has 2 heterocycles. The third-order valence-electron chi connectivity index (χ3n) is 8.59. The number of pyridine rings is 1. The summed E-state index contributed by atoms with van der Waals surface area (Å²) < 4.78 is 2.41. The smallest absolute Gasteiger partial charge is 0.0786 e. The van der Waals surface area contributed by atoms with E-state index in [0.717, 1.165) is 10.9 Å². The van der Waals surface area contributed by atoms with Crippen LogP contribution in [0.5, 0.6) is 0 Å². The van der Waals surface area contributed by atoms with Crippen LogP contribution in [0.1, 0.15) is 0 Å². The lowest BCUT2D eigenvalue weighted by Gasteiger charge is -2.12. The number of hydrogen-bond acceptors (Lipinski definition) is 1. The molecule has 9 aromatic rings. The molecule has 2 aromatic heterocycles. The van der Waals surface area contributed by atoms with Crippen LogP contribution in [0.2, 0.25) is 0 Å². The van der Waals surface area contributed by atoms with Crippen molar-refractivity contribution in [2.45, 2.75) is 0 Å². The predicted octanol–water partition coefficient (Wildman–Crippen LogP) is 10.5. The SMILES string of the molecule is c1ccc2c(c1)ccc1ccc(-n3c4ccccc4c4cc(-c5cccc6ccc7cccnc7c56)ccc43)cc12. The Balaban J connectivity index is 1.32. The highest BCUT2D eigenvalue weighted by Gasteiger charge is 2.15. The number of hydrogen-bond donors (Lipinski definition) is 0. The van der Waals surface area contributed by atoms with Crippen molar-refractivity contribution in [3.8, 4) is 16.8 Å². The van der Waals surface area contributed by atoms with E-state index < -0.39 is 0 Å². The Morgan fingerprint density at radius 1 is 0.439 bits per heavy atom. The van der Waals surface area contributed by atoms with E-state index in [2.05, 4.69) is 138 Å². The van der Waals surface area contributed by atoms with Gasteiger partial charge >= 0.3 is 0 Å². The van der Waals surface area contributed by atoms with Crippen LogP contribution in [0.4, 0.5) is 0 Å². The minimum atomic E-state index is 1.05. The van der Waals surface area contributed by atoms with Crippen molar-refractivity contribution >= 4 is 65.0 Å². The van der Waals surface area contributed by atoms with Gasteiger partial charge in [0.05, 0.1) is 16.6 Å². The van der Waals surface area contributed by atoms with Gasteiger partial charge < -0.3 is 4.57 Å². The number of nitrogens with zero attached hydrogens (tertiary/aromatic N) is 2. The maximum Gasteiger partial charge on any atom is 0.0786 e. The molecule has 0 aliphatic rings. The van der Waals surface area contributed by atoms with Crippen LogP contribution in [-0.2, 0) is 0 Å². The lowest BCUT2D eigenvalue weighted by Crippen LogP contribution is -1.94. The lowest BCUT2D eigenvalue weighted by atomic mass is 9.95.